The highest BCUT2D eigenvalue weighted by atomic mass is 32.1. The Morgan fingerprint density at radius 3 is 3.11 bits per heavy atom. The molecular formula is C13H18N4OS. The minimum Gasteiger partial charge on any atom is -0.339 e. The molecule has 1 N–H and O–H groups in total. The van der Waals surface area contributed by atoms with Gasteiger partial charge in [-0.1, -0.05) is 24.9 Å². The molecule has 0 aromatic carbocycles. The van der Waals surface area contributed by atoms with Gasteiger partial charge < -0.3 is 9.84 Å². The molecule has 1 aliphatic rings. The zero-order chi connectivity index (χ0) is 13.1. The lowest BCUT2D eigenvalue weighted by atomic mass is 9.84. The average Bonchev–Trinajstić information content (AvgIpc) is 3.11. The van der Waals surface area contributed by atoms with Crippen LogP contribution in [0.5, 0.6) is 0 Å². The van der Waals surface area contributed by atoms with Crippen molar-refractivity contribution < 1.29 is 4.52 Å². The van der Waals surface area contributed by atoms with Crippen LogP contribution in [0.3, 0.4) is 0 Å². The summed E-state index contributed by atoms with van der Waals surface area (Å²) in [5, 5.41) is 9.54. The summed E-state index contributed by atoms with van der Waals surface area (Å²) >= 11 is 1.54. The fraction of sp³-hybridized carbons (Fsp3) is 0.615. The Kier molecular flexibility index (Phi) is 3.89. The van der Waals surface area contributed by atoms with Gasteiger partial charge in [-0.15, -0.1) is 11.3 Å². The van der Waals surface area contributed by atoms with Gasteiger partial charge >= 0.3 is 0 Å². The summed E-state index contributed by atoms with van der Waals surface area (Å²) in [6.07, 6.45) is 4.82. The van der Waals surface area contributed by atoms with E-state index in [-0.39, 0.29) is 0 Å². The van der Waals surface area contributed by atoms with Crippen molar-refractivity contribution in [1.29, 1.82) is 0 Å². The monoisotopic (exact) mass is 278 g/mol. The van der Waals surface area contributed by atoms with E-state index in [1.807, 2.05) is 5.38 Å². The third-order valence-corrected chi connectivity index (χ3v) is 4.24. The van der Waals surface area contributed by atoms with E-state index in [1.54, 1.807) is 16.8 Å². The van der Waals surface area contributed by atoms with E-state index >= 15 is 0 Å². The van der Waals surface area contributed by atoms with E-state index in [0.717, 1.165) is 24.6 Å². The molecule has 2 aromatic heterocycles. The molecule has 2 aromatic rings. The van der Waals surface area contributed by atoms with Gasteiger partial charge in [0.15, 0.2) is 0 Å². The van der Waals surface area contributed by atoms with Crippen molar-refractivity contribution in [2.24, 2.45) is 0 Å². The SMILES string of the molecule is CCNC1CCCCC1c1nc(-c2cscn2)no1. The second-order valence-corrected chi connectivity index (χ2v) is 5.60. The van der Waals surface area contributed by atoms with Gasteiger partial charge in [0.05, 0.1) is 11.4 Å². The predicted octanol–water partition coefficient (Wildman–Crippen LogP) is 2.83. The highest BCUT2D eigenvalue weighted by molar-refractivity contribution is 7.07. The molecule has 2 atom stereocenters. The lowest BCUT2D eigenvalue weighted by Crippen LogP contribution is -2.37. The van der Waals surface area contributed by atoms with Crippen LogP contribution in [0.25, 0.3) is 11.5 Å². The Morgan fingerprint density at radius 2 is 2.32 bits per heavy atom. The maximum Gasteiger partial charge on any atom is 0.231 e. The second kappa shape index (κ2) is 5.79. The largest absolute Gasteiger partial charge is 0.339 e. The van der Waals surface area contributed by atoms with Gasteiger partial charge in [0.25, 0.3) is 0 Å². The molecule has 3 rings (SSSR count). The lowest BCUT2D eigenvalue weighted by Gasteiger charge is -2.29. The van der Waals surface area contributed by atoms with Crippen molar-refractivity contribution in [3.05, 3.63) is 16.8 Å². The van der Waals surface area contributed by atoms with Crippen LogP contribution in [0.15, 0.2) is 15.4 Å². The predicted molar refractivity (Wildman–Crippen MR) is 74.1 cm³/mol. The first-order chi connectivity index (χ1) is 9.38. The zero-order valence-electron chi connectivity index (χ0n) is 11.0. The normalized spacial score (nSPS) is 23.6. The number of rotatable bonds is 4. The maximum absolute atomic E-state index is 5.47. The van der Waals surface area contributed by atoms with Gasteiger partial charge in [0, 0.05) is 11.4 Å². The van der Waals surface area contributed by atoms with E-state index in [9.17, 15) is 0 Å². The van der Waals surface area contributed by atoms with Crippen LogP contribution in [0.4, 0.5) is 0 Å². The van der Waals surface area contributed by atoms with Gasteiger partial charge in [-0.05, 0) is 19.4 Å². The highest BCUT2D eigenvalue weighted by Crippen LogP contribution is 2.33. The van der Waals surface area contributed by atoms with Crippen LogP contribution < -0.4 is 5.32 Å². The van der Waals surface area contributed by atoms with Crippen LogP contribution in [-0.2, 0) is 0 Å². The molecule has 102 valence electrons. The van der Waals surface area contributed by atoms with E-state index in [1.165, 1.54) is 19.3 Å². The molecule has 0 spiro atoms. The molecule has 1 fully saturated rings. The van der Waals surface area contributed by atoms with Gasteiger partial charge in [-0.3, -0.25) is 0 Å². The number of nitrogens with zero attached hydrogens (tertiary/aromatic N) is 3. The molecule has 0 amide bonds. The van der Waals surface area contributed by atoms with Crippen LogP contribution in [0.2, 0.25) is 0 Å². The Morgan fingerprint density at radius 1 is 1.42 bits per heavy atom. The van der Waals surface area contributed by atoms with Gasteiger partial charge in [-0.25, -0.2) is 4.98 Å². The van der Waals surface area contributed by atoms with E-state index in [0.29, 0.717) is 17.8 Å². The zero-order valence-corrected chi connectivity index (χ0v) is 11.8. The molecule has 19 heavy (non-hydrogen) atoms. The minimum atomic E-state index is 0.341. The summed E-state index contributed by atoms with van der Waals surface area (Å²) in [7, 11) is 0. The number of nitrogens with one attached hydrogen (secondary N) is 1. The van der Waals surface area contributed by atoms with Crippen molar-refractivity contribution in [2.75, 3.05) is 6.54 Å². The number of aromatic nitrogens is 3. The average molecular weight is 278 g/mol. The molecule has 0 aliphatic heterocycles. The Labute approximate surface area is 116 Å². The summed E-state index contributed by atoms with van der Waals surface area (Å²) in [6.45, 7) is 3.12. The van der Waals surface area contributed by atoms with Crippen molar-refractivity contribution in [3.63, 3.8) is 0 Å². The van der Waals surface area contributed by atoms with E-state index in [4.69, 9.17) is 4.52 Å². The molecule has 6 heteroatoms. The maximum atomic E-state index is 5.47. The van der Waals surface area contributed by atoms with E-state index < -0.39 is 0 Å². The van der Waals surface area contributed by atoms with Crippen molar-refractivity contribution in [2.45, 2.75) is 44.6 Å². The summed E-state index contributed by atoms with van der Waals surface area (Å²) in [4.78, 5) is 8.75. The van der Waals surface area contributed by atoms with Gasteiger partial charge in [-0.2, -0.15) is 4.98 Å². The summed E-state index contributed by atoms with van der Waals surface area (Å²) in [5.41, 5.74) is 2.59. The molecule has 5 nitrogen and oxygen atoms in total. The van der Waals surface area contributed by atoms with Crippen LogP contribution in [0.1, 0.15) is 44.4 Å². The Balaban J connectivity index is 1.80. The van der Waals surface area contributed by atoms with Crippen LogP contribution >= 0.6 is 11.3 Å². The summed E-state index contributed by atoms with van der Waals surface area (Å²) < 4.78 is 5.47. The topological polar surface area (TPSA) is 63.8 Å². The number of thiazole rings is 1. The van der Waals surface area contributed by atoms with Gasteiger partial charge in [0.2, 0.25) is 11.7 Å². The highest BCUT2D eigenvalue weighted by Gasteiger charge is 2.30. The van der Waals surface area contributed by atoms with Crippen LogP contribution in [0, 0.1) is 0 Å². The first-order valence-corrected chi connectivity index (χ1v) is 7.78. The first-order valence-electron chi connectivity index (χ1n) is 6.84. The van der Waals surface area contributed by atoms with Gasteiger partial charge in [0.1, 0.15) is 5.69 Å². The Bertz CT molecular complexity index is 508. The number of hydrogen-bond donors (Lipinski definition) is 1. The third-order valence-electron chi connectivity index (χ3n) is 3.65. The molecular weight excluding hydrogens is 260 g/mol. The fourth-order valence-electron chi connectivity index (χ4n) is 2.75. The van der Waals surface area contributed by atoms with Crippen molar-refractivity contribution in [1.82, 2.24) is 20.4 Å². The summed E-state index contributed by atoms with van der Waals surface area (Å²) in [5.74, 6) is 1.71. The molecule has 1 saturated carbocycles. The first kappa shape index (κ1) is 12.7. The molecule has 0 radical (unpaired) electrons. The second-order valence-electron chi connectivity index (χ2n) is 4.89. The molecule has 2 unspecified atom stereocenters. The van der Waals surface area contributed by atoms with E-state index in [2.05, 4.69) is 27.4 Å². The molecule has 0 bridgehead atoms. The number of likely N-dealkylation sites (N-methyl/N-ethyl adjacent to an activating group) is 1. The standard InChI is InChI=1S/C13H18N4OS/c1-2-14-10-6-4-3-5-9(10)13-16-12(17-18-13)11-7-19-8-15-11/h7-10,14H,2-6H2,1H3. The smallest absolute Gasteiger partial charge is 0.231 e. The molecule has 0 saturated heterocycles. The molecule has 2 heterocycles. The van der Waals surface area contributed by atoms with Crippen LogP contribution in [-0.4, -0.2) is 27.7 Å². The summed E-state index contributed by atoms with van der Waals surface area (Å²) in [6, 6.07) is 0.461. The number of hydrogen-bond acceptors (Lipinski definition) is 6. The Hall–Kier alpha value is -1.27. The lowest BCUT2D eigenvalue weighted by molar-refractivity contribution is 0.265. The molecule has 1 aliphatic carbocycles. The fourth-order valence-corrected chi connectivity index (χ4v) is 3.28. The third kappa shape index (κ3) is 2.69. The van der Waals surface area contributed by atoms with Crippen molar-refractivity contribution in [3.8, 4) is 11.5 Å². The van der Waals surface area contributed by atoms with Crippen molar-refractivity contribution >= 4 is 11.3 Å². The minimum absolute atomic E-state index is 0.341. The quantitative estimate of drug-likeness (QED) is 0.931.